The van der Waals surface area contributed by atoms with E-state index in [1.165, 1.54) is 16.4 Å². The number of rotatable bonds is 5. The zero-order valence-electron chi connectivity index (χ0n) is 14.6. The fraction of sp³-hybridized carbons (Fsp3) is 0.167. The van der Waals surface area contributed by atoms with Crippen LogP contribution in [0.5, 0.6) is 11.5 Å². The highest BCUT2D eigenvalue weighted by atomic mass is 35.5. The molecule has 0 radical (unpaired) electrons. The van der Waals surface area contributed by atoms with E-state index in [1.54, 1.807) is 42.5 Å². The van der Waals surface area contributed by atoms with E-state index < -0.39 is 0 Å². The summed E-state index contributed by atoms with van der Waals surface area (Å²) in [4.78, 5) is 12.3. The molecular formula is C18H16ClN5O3S. The molecular weight excluding hydrogens is 402 g/mol. The summed E-state index contributed by atoms with van der Waals surface area (Å²) < 4.78 is 12.3. The SMILES string of the molecule is Nn1c(SCC(=O)Nc2ccc3c(c2)OCCO3)nnc1-c1ccc(Cl)cc1. The number of thioether (sulfide) groups is 1. The summed E-state index contributed by atoms with van der Waals surface area (Å²) in [7, 11) is 0. The predicted molar refractivity (Wildman–Crippen MR) is 107 cm³/mol. The molecule has 1 aliphatic heterocycles. The second-order valence-electron chi connectivity index (χ2n) is 5.88. The maximum atomic E-state index is 12.3. The van der Waals surface area contributed by atoms with Crippen molar-refractivity contribution in [3.8, 4) is 22.9 Å². The number of fused-ring (bicyclic) bond motifs is 1. The van der Waals surface area contributed by atoms with Crippen LogP contribution in [0.1, 0.15) is 0 Å². The highest BCUT2D eigenvalue weighted by Crippen LogP contribution is 2.32. The summed E-state index contributed by atoms with van der Waals surface area (Å²) in [6, 6.07) is 12.4. The molecule has 0 fully saturated rings. The third kappa shape index (κ3) is 4.00. The molecule has 1 aliphatic rings. The minimum absolute atomic E-state index is 0.129. The van der Waals surface area contributed by atoms with E-state index in [4.69, 9.17) is 26.9 Å². The molecule has 0 unspecified atom stereocenters. The van der Waals surface area contributed by atoms with Crippen molar-refractivity contribution < 1.29 is 14.3 Å². The Hall–Kier alpha value is -2.91. The fourth-order valence-electron chi connectivity index (χ4n) is 2.62. The van der Waals surface area contributed by atoms with Crippen LogP contribution in [0, 0.1) is 0 Å². The van der Waals surface area contributed by atoms with Crippen LogP contribution < -0.4 is 20.6 Å². The molecule has 28 heavy (non-hydrogen) atoms. The number of aromatic nitrogens is 3. The summed E-state index contributed by atoms with van der Waals surface area (Å²) in [5, 5.41) is 12.0. The molecule has 2 heterocycles. The van der Waals surface area contributed by atoms with E-state index in [9.17, 15) is 4.79 Å². The minimum atomic E-state index is -0.197. The number of anilines is 1. The normalized spacial score (nSPS) is 12.6. The van der Waals surface area contributed by atoms with Crippen LogP contribution >= 0.6 is 23.4 Å². The molecule has 4 rings (SSSR count). The lowest BCUT2D eigenvalue weighted by molar-refractivity contribution is -0.113. The van der Waals surface area contributed by atoms with Crippen molar-refractivity contribution in [2.24, 2.45) is 0 Å². The Morgan fingerprint density at radius 1 is 1.14 bits per heavy atom. The molecule has 8 nitrogen and oxygen atoms in total. The first kappa shape index (κ1) is 18.5. The predicted octanol–water partition coefficient (Wildman–Crippen LogP) is 2.81. The maximum Gasteiger partial charge on any atom is 0.234 e. The molecule has 0 atom stereocenters. The largest absolute Gasteiger partial charge is 0.486 e. The highest BCUT2D eigenvalue weighted by molar-refractivity contribution is 7.99. The van der Waals surface area contributed by atoms with Crippen molar-refractivity contribution in [3.05, 3.63) is 47.5 Å². The first-order valence-corrected chi connectivity index (χ1v) is 9.75. The summed E-state index contributed by atoms with van der Waals surface area (Å²) in [6.45, 7) is 1.01. The topological polar surface area (TPSA) is 104 Å². The fourth-order valence-corrected chi connectivity index (χ4v) is 3.40. The van der Waals surface area contributed by atoms with Gasteiger partial charge in [0.1, 0.15) is 13.2 Å². The van der Waals surface area contributed by atoms with Crippen LogP contribution in [0.25, 0.3) is 11.4 Å². The van der Waals surface area contributed by atoms with E-state index in [1.807, 2.05) is 0 Å². The standard InChI is InChI=1S/C18H16ClN5O3S/c19-12-3-1-11(2-4-12)17-22-23-18(24(17)20)28-10-16(25)21-13-5-6-14-15(9-13)27-8-7-26-14/h1-6,9H,7-8,10,20H2,(H,21,25). The van der Waals surface area contributed by atoms with Gasteiger partial charge in [-0.15, -0.1) is 10.2 Å². The number of nitrogen functional groups attached to an aromatic ring is 1. The van der Waals surface area contributed by atoms with Gasteiger partial charge in [0, 0.05) is 22.3 Å². The Bertz CT molecular complexity index is 1010. The number of carbonyl (C=O) groups excluding carboxylic acids is 1. The van der Waals surface area contributed by atoms with Gasteiger partial charge in [-0.2, -0.15) is 0 Å². The minimum Gasteiger partial charge on any atom is -0.486 e. The number of ether oxygens (including phenoxy) is 2. The second kappa shape index (κ2) is 7.99. The maximum absolute atomic E-state index is 12.3. The third-order valence-electron chi connectivity index (χ3n) is 3.93. The Morgan fingerprint density at radius 2 is 1.89 bits per heavy atom. The zero-order valence-corrected chi connectivity index (χ0v) is 16.2. The molecule has 0 saturated carbocycles. The quantitative estimate of drug-likeness (QED) is 0.485. The third-order valence-corrected chi connectivity index (χ3v) is 5.12. The molecule has 0 saturated heterocycles. The average molecular weight is 418 g/mol. The number of nitrogens with two attached hydrogens (primary N) is 1. The van der Waals surface area contributed by atoms with Gasteiger partial charge in [-0.05, 0) is 36.4 Å². The van der Waals surface area contributed by atoms with Crippen LogP contribution in [0.15, 0.2) is 47.6 Å². The van der Waals surface area contributed by atoms with Crippen LogP contribution in [-0.4, -0.2) is 39.7 Å². The number of benzene rings is 2. The Labute approximate surface area is 170 Å². The van der Waals surface area contributed by atoms with Crippen LogP contribution in [0.2, 0.25) is 5.02 Å². The zero-order chi connectivity index (χ0) is 19.5. The van der Waals surface area contributed by atoms with Gasteiger partial charge in [0.25, 0.3) is 0 Å². The van der Waals surface area contributed by atoms with Crippen LogP contribution in [-0.2, 0) is 4.79 Å². The van der Waals surface area contributed by atoms with E-state index in [0.717, 1.165) is 5.56 Å². The van der Waals surface area contributed by atoms with Crippen LogP contribution in [0.3, 0.4) is 0 Å². The molecule has 0 bridgehead atoms. The van der Waals surface area contributed by atoms with Crippen molar-refractivity contribution in [2.45, 2.75) is 5.16 Å². The van der Waals surface area contributed by atoms with Gasteiger partial charge < -0.3 is 20.6 Å². The monoisotopic (exact) mass is 417 g/mol. The van der Waals surface area contributed by atoms with Crippen LogP contribution in [0.4, 0.5) is 5.69 Å². The summed E-state index contributed by atoms with van der Waals surface area (Å²) >= 11 is 7.09. The molecule has 10 heteroatoms. The molecule has 144 valence electrons. The first-order chi connectivity index (χ1) is 13.6. The summed E-state index contributed by atoms with van der Waals surface area (Å²) in [5.41, 5.74) is 1.41. The van der Waals surface area contributed by atoms with E-state index in [2.05, 4.69) is 15.5 Å². The number of amides is 1. The first-order valence-electron chi connectivity index (χ1n) is 8.39. The van der Waals surface area contributed by atoms with Crippen molar-refractivity contribution in [2.75, 3.05) is 30.1 Å². The number of nitrogens with zero attached hydrogens (tertiary/aromatic N) is 3. The Kier molecular flexibility index (Phi) is 5.27. The lowest BCUT2D eigenvalue weighted by Gasteiger charge is -2.18. The molecule has 2 aromatic carbocycles. The van der Waals surface area contributed by atoms with Gasteiger partial charge in [-0.1, -0.05) is 23.4 Å². The Balaban J connectivity index is 1.38. The number of halogens is 1. The van der Waals surface area contributed by atoms with E-state index in [-0.39, 0.29) is 11.7 Å². The van der Waals surface area contributed by atoms with Gasteiger partial charge in [-0.25, -0.2) is 4.68 Å². The molecule has 1 amide bonds. The second-order valence-corrected chi connectivity index (χ2v) is 7.26. The van der Waals surface area contributed by atoms with Crippen molar-refractivity contribution >= 4 is 35.0 Å². The molecule has 0 aliphatic carbocycles. The van der Waals surface area contributed by atoms with E-state index >= 15 is 0 Å². The lowest BCUT2D eigenvalue weighted by Crippen LogP contribution is -2.18. The lowest BCUT2D eigenvalue weighted by atomic mass is 10.2. The number of nitrogens with one attached hydrogen (secondary N) is 1. The molecule has 3 N–H and O–H groups in total. The highest BCUT2D eigenvalue weighted by Gasteiger charge is 2.15. The van der Waals surface area contributed by atoms with Gasteiger partial charge in [0.2, 0.25) is 11.1 Å². The van der Waals surface area contributed by atoms with Crippen molar-refractivity contribution in [3.63, 3.8) is 0 Å². The average Bonchev–Trinajstić information content (AvgIpc) is 3.07. The van der Waals surface area contributed by atoms with Crippen molar-refractivity contribution in [1.29, 1.82) is 0 Å². The van der Waals surface area contributed by atoms with Gasteiger partial charge in [0.05, 0.1) is 5.75 Å². The number of hydrogen-bond donors (Lipinski definition) is 2. The molecule has 0 spiro atoms. The van der Waals surface area contributed by atoms with Gasteiger partial charge in [-0.3, -0.25) is 4.79 Å². The van der Waals surface area contributed by atoms with E-state index in [0.29, 0.717) is 46.4 Å². The van der Waals surface area contributed by atoms with Gasteiger partial charge >= 0.3 is 0 Å². The molecule has 1 aromatic heterocycles. The smallest absolute Gasteiger partial charge is 0.234 e. The van der Waals surface area contributed by atoms with Crippen molar-refractivity contribution in [1.82, 2.24) is 14.9 Å². The molecule has 3 aromatic rings. The van der Waals surface area contributed by atoms with Gasteiger partial charge in [0.15, 0.2) is 17.3 Å². The summed E-state index contributed by atoms with van der Waals surface area (Å²) in [6.07, 6.45) is 0. The Morgan fingerprint density at radius 3 is 2.68 bits per heavy atom. The number of carbonyl (C=O) groups is 1. The number of hydrogen-bond acceptors (Lipinski definition) is 7. The summed E-state index contributed by atoms with van der Waals surface area (Å²) in [5.74, 6) is 7.78.